The molecule has 0 saturated heterocycles. The quantitative estimate of drug-likeness (QED) is 0.289. The monoisotopic (exact) mass is 610 g/mol. The van der Waals surface area contributed by atoms with Gasteiger partial charge in [0.2, 0.25) is 0 Å². The minimum Gasteiger partial charge on any atom is -1.00 e. The second-order valence-electron chi connectivity index (χ2n) is 6.44. The molecule has 0 amide bonds. The molecule has 0 unspecified atom stereocenters. The number of hydrogen-bond donors (Lipinski definition) is 1. The molecule has 2 aliphatic carbocycles. The number of hydrogen-bond acceptors (Lipinski definition) is 5. The minimum atomic E-state index is -6.09. The Balaban J connectivity index is 0. The van der Waals surface area contributed by atoms with Crippen LogP contribution in [0.25, 0.3) is 0 Å². The maximum atomic E-state index is 10.7. The summed E-state index contributed by atoms with van der Waals surface area (Å²) in [6, 6.07) is 0. The van der Waals surface area contributed by atoms with Gasteiger partial charge in [-0.25, -0.2) is 8.42 Å². The molecule has 0 fully saturated rings. The SMILES string of the molecule is CC1=CCC(C)=[C]1[Zr+2][C]1=C(C)CC=C1C.O=S(=O)(O)C(F)(F)F.O=S(=O)([O-])C(F)(F)F.[Cl-]. The van der Waals surface area contributed by atoms with E-state index in [2.05, 4.69) is 39.8 Å². The predicted octanol–water partition coefficient (Wildman–Crippen LogP) is 1.77. The van der Waals surface area contributed by atoms with E-state index >= 15 is 0 Å². The molecule has 0 heterocycles. The first kappa shape index (κ1) is 33.7. The summed E-state index contributed by atoms with van der Waals surface area (Å²) >= 11 is -0.507. The Hall–Kier alpha value is -0.467. The fourth-order valence-corrected chi connectivity index (χ4v) is 5.87. The molecule has 1 N–H and O–H groups in total. The van der Waals surface area contributed by atoms with Gasteiger partial charge < -0.3 is 17.0 Å². The molecule has 0 aromatic rings. The van der Waals surface area contributed by atoms with Crippen LogP contribution < -0.4 is 12.4 Å². The van der Waals surface area contributed by atoms with Crippen LogP contribution in [-0.2, 0) is 43.5 Å². The van der Waals surface area contributed by atoms with Gasteiger partial charge >= 0.3 is 126 Å². The standard InChI is InChI=1S/2C7H9.2CHF3O3S.ClH.Zr/c2*1-6-3-4-7(2)5-6;2*2-1(3,4)8(5,6)7;;/h2*3H,4H2,1-2H3;2*(H,5,6,7);1H;/q;;;;;+2/p-2. The Morgan fingerprint density at radius 1 is 0.812 bits per heavy atom. The van der Waals surface area contributed by atoms with Gasteiger partial charge in [-0.1, -0.05) is 0 Å². The van der Waals surface area contributed by atoms with Crippen molar-refractivity contribution >= 4 is 20.2 Å². The molecule has 16 heteroatoms. The zero-order chi connectivity index (χ0) is 25.0. The van der Waals surface area contributed by atoms with Gasteiger partial charge in [0.1, 0.15) is 0 Å². The van der Waals surface area contributed by atoms with Crippen molar-refractivity contribution in [1.82, 2.24) is 0 Å². The molecular formula is C16H19ClF6O6S2Zr. The summed E-state index contributed by atoms with van der Waals surface area (Å²) in [5, 5.41) is 0. The van der Waals surface area contributed by atoms with E-state index in [0.29, 0.717) is 0 Å². The first-order valence-electron chi connectivity index (χ1n) is 8.16. The van der Waals surface area contributed by atoms with Crippen molar-refractivity contribution in [2.24, 2.45) is 0 Å². The Kier molecular flexibility index (Phi) is 13.0. The van der Waals surface area contributed by atoms with Crippen LogP contribution in [0.4, 0.5) is 26.3 Å². The fraction of sp³-hybridized carbons (Fsp3) is 0.500. The van der Waals surface area contributed by atoms with Gasteiger partial charge in [-0.15, -0.1) is 0 Å². The molecule has 2 rings (SSSR count). The summed E-state index contributed by atoms with van der Waals surface area (Å²) in [6.07, 6.45) is 7.21. The number of halogens is 7. The van der Waals surface area contributed by atoms with Crippen LogP contribution in [0.15, 0.2) is 41.0 Å². The Morgan fingerprint density at radius 3 is 1.19 bits per heavy atom. The molecule has 32 heavy (non-hydrogen) atoms. The third-order valence-corrected chi connectivity index (χ3v) is 10.3. The summed E-state index contributed by atoms with van der Waals surface area (Å²) in [5.41, 5.74) is -4.77. The van der Waals surface area contributed by atoms with E-state index < -0.39 is 54.5 Å². The van der Waals surface area contributed by atoms with Gasteiger partial charge in [0.15, 0.2) is 10.1 Å². The average molecular weight is 612 g/mol. The van der Waals surface area contributed by atoms with Crippen molar-refractivity contribution in [3.05, 3.63) is 41.0 Å². The minimum absolute atomic E-state index is 0. The van der Waals surface area contributed by atoms with E-state index in [0.717, 1.165) is 0 Å². The second-order valence-corrected chi connectivity index (χ2v) is 12.3. The molecule has 6 nitrogen and oxygen atoms in total. The molecule has 0 aromatic carbocycles. The molecule has 184 valence electrons. The first-order chi connectivity index (χ1) is 13.6. The Labute approximate surface area is 200 Å². The molecular weight excluding hydrogens is 593 g/mol. The van der Waals surface area contributed by atoms with Crippen LogP contribution in [0.1, 0.15) is 40.5 Å². The summed E-state index contributed by atoms with van der Waals surface area (Å²) in [7, 11) is -11.9. The Bertz CT molecular complexity index is 940. The van der Waals surface area contributed by atoms with E-state index in [4.69, 9.17) is 25.9 Å². The van der Waals surface area contributed by atoms with Gasteiger partial charge in [0, 0.05) is 0 Å². The van der Waals surface area contributed by atoms with Gasteiger partial charge in [-0.05, 0) is 0 Å². The van der Waals surface area contributed by atoms with Gasteiger partial charge in [0.05, 0.1) is 0 Å². The molecule has 0 spiro atoms. The van der Waals surface area contributed by atoms with E-state index in [1.54, 1.807) is 28.9 Å². The molecule has 0 bridgehead atoms. The predicted molar refractivity (Wildman–Crippen MR) is 95.5 cm³/mol. The summed E-state index contributed by atoms with van der Waals surface area (Å²) < 4.78 is 120. The molecule has 0 radical (unpaired) electrons. The van der Waals surface area contributed by atoms with Crippen LogP contribution in [0, 0.1) is 0 Å². The summed E-state index contributed by atoms with van der Waals surface area (Å²) in [6.45, 7) is 9.20. The van der Waals surface area contributed by atoms with Crippen molar-refractivity contribution in [2.75, 3.05) is 0 Å². The van der Waals surface area contributed by atoms with Crippen molar-refractivity contribution in [3.63, 3.8) is 0 Å². The number of alkyl halides is 6. The zero-order valence-electron chi connectivity index (χ0n) is 17.0. The van der Waals surface area contributed by atoms with Crippen LogP contribution in [-0.4, -0.2) is 37.0 Å². The number of allylic oxidation sites excluding steroid dienone is 8. The Morgan fingerprint density at radius 2 is 1.06 bits per heavy atom. The third kappa shape index (κ3) is 10.6. The van der Waals surface area contributed by atoms with Crippen molar-refractivity contribution in [3.8, 4) is 0 Å². The normalized spacial score (nSPS) is 16.8. The van der Waals surface area contributed by atoms with Crippen LogP contribution in [0.3, 0.4) is 0 Å². The molecule has 0 aromatic heterocycles. The second kappa shape index (κ2) is 12.3. The van der Waals surface area contributed by atoms with Gasteiger partial charge in [-0.2, -0.15) is 34.8 Å². The largest absolute Gasteiger partial charge is 1.00 e. The van der Waals surface area contributed by atoms with Crippen LogP contribution >= 0.6 is 0 Å². The molecule has 0 atom stereocenters. The topological polar surface area (TPSA) is 112 Å². The zero-order valence-corrected chi connectivity index (χ0v) is 21.9. The van der Waals surface area contributed by atoms with E-state index in [-0.39, 0.29) is 12.4 Å². The molecule has 2 aliphatic rings. The first-order valence-corrected chi connectivity index (χ1v) is 13.5. The molecule has 0 aliphatic heterocycles. The van der Waals surface area contributed by atoms with Crippen molar-refractivity contribution in [2.45, 2.75) is 51.6 Å². The average Bonchev–Trinajstić information content (AvgIpc) is 3.02. The maximum Gasteiger partial charge on any atom is 0.522 e. The van der Waals surface area contributed by atoms with Gasteiger partial charge in [0.25, 0.3) is 0 Å². The van der Waals surface area contributed by atoms with E-state index in [1.165, 1.54) is 12.8 Å². The maximum absolute atomic E-state index is 10.7. The van der Waals surface area contributed by atoms with Crippen molar-refractivity contribution < 1.29 is 87.9 Å². The van der Waals surface area contributed by atoms with E-state index in [9.17, 15) is 26.3 Å². The molecule has 0 saturated carbocycles. The van der Waals surface area contributed by atoms with Gasteiger partial charge in [-0.3, -0.25) is 4.55 Å². The number of rotatable bonds is 2. The van der Waals surface area contributed by atoms with E-state index in [1.807, 2.05) is 0 Å². The van der Waals surface area contributed by atoms with Crippen LogP contribution in [0.5, 0.6) is 0 Å². The summed E-state index contributed by atoms with van der Waals surface area (Å²) in [4.78, 5) is 0. The summed E-state index contributed by atoms with van der Waals surface area (Å²) in [5.74, 6) is 0. The third-order valence-electron chi connectivity index (χ3n) is 3.90. The smallest absolute Gasteiger partial charge is 0.522 e. The van der Waals surface area contributed by atoms with Crippen LogP contribution in [0.2, 0.25) is 0 Å². The van der Waals surface area contributed by atoms with Crippen molar-refractivity contribution in [1.29, 1.82) is 0 Å². The fourth-order valence-electron chi connectivity index (χ4n) is 2.23.